The number of halogens is 1. The summed E-state index contributed by atoms with van der Waals surface area (Å²) >= 11 is 5.95. The molecule has 0 spiro atoms. The highest BCUT2D eigenvalue weighted by Crippen LogP contribution is 2.24. The van der Waals surface area contributed by atoms with Crippen molar-refractivity contribution in [2.75, 3.05) is 14.2 Å². The number of aromatic nitrogens is 2. The maximum atomic E-state index is 12.4. The predicted molar refractivity (Wildman–Crippen MR) is 77.0 cm³/mol. The summed E-state index contributed by atoms with van der Waals surface area (Å²) in [4.78, 5) is 14.1. The molecule has 1 heterocycles. The number of nitrogens with zero attached hydrogens (tertiary/aromatic N) is 3. The van der Waals surface area contributed by atoms with Crippen molar-refractivity contribution in [2.45, 2.75) is 6.54 Å². The average Bonchev–Trinajstić information content (AvgIpc) is 2.83. The molecule has 1 aromatic heterocycles. The number of amides is 1. The van der Waals surface area contributed by atoms with Crippen molar-refractivity contribution < 1.29 is 9.53 Å². The first-order chi connectivity index (χ1) is 9.51. The number of rotatable bonds is 4. The van der Waals surface area contributed by atoms with Gasteiger partial charge >= 0.3 is 0 Å². The SMILES string of the molecule is COc1ccc(Cl)cc1C(=O)N(C)Cc1cnn(C)c1. The Morgan fingerprint density at radius 1 is 1.50 bits per heavy atom. The molecule has 20 heavy (non-hydrogen) atoms. The standard InChI is InChI=1S/C14H16ClN3O2/c1-17(8-10-7-16-18(2)9-10)14(19)12-6-11(15)4-5-13(12)20-3/h4-7,9H,8H2,1-3H3. The van der Waals surface area contributed by atoms with Crippen molar-refractivity contribution in [3.05, 3.63) is 46.7 Å². The van der Waals surface area contributed by atoms with E-state index in [1.165, 1.54) is 7.11 Å². The van der Waals surface area contributed by atoms with Gasteiger partial charge in [0.15, 0.2) is 0 Å². The zero-order valence-electron chi connectivity index (χ0n) is 11.6. The van der Waals surface area contributed by atoms with E-state index < -0.39 is 0 Å². The maximum absolute atomic E-state index is 12.4. The van der Waals surface area contributed by atoms with Crippen molar-refractivity contribution >= 4 is 17.5 Å². The average molecular weight is 294 g/mol. The van der Waals surface area contributed by atoms with E-state index in [-0.39, 0.29) is 5.91 Å². The highest BCUT2D eigenvalue weighted by molar-refractivity contribution is 6.31. The van der Waals surface area contributed by atoms with E-state index in [2.05, 4.69) is 5.10 Å². The van der Waals surface area contributed by atoms with E-state index in [9.17, 15) is 4.79 Å². The van der Waals surface area contributed by atoms with Gasteiger partial charge < -0.3 is 9.64 Å². The summed E-state index contributed by atoms with van der Waals surface area (Å²) in [6.45, 7) is 0.475. The number of hydrogen-bond acceptors (Lipinski definition) is 3. The van der Waals surface area contributed by atoms with Gasteiger partial charge in [0.05, 0.1) is 18.9 Å². The molecule has 0 radical (unpaired) electrons. The fourth-order valence-electron chi connectivity index (χ4n) is 1.95. The minimum Gasteiger partial charge on any atom is -0.496 e. The van der Waals surface area contributed by atoms with Crippen LogP contribution >= 0.6 is 11.6 Å². The Kier molecular flexibility index (Phi) is 4.29. The van der Waals surface area contributed by atoms with Gasteiger partial charge in [0, 0.05) is 37.4 Å². The van der Waals surface area contributed by atoms with Gasteiger partial charge in [-0.15, -0.1) is 0 Å². The zero-order valence-corrected chi connectivity index (χ0v) is 12.4. The van der Waals surface area contributed by atoms with Gasteiger partial charge in [0.1, 0.15) is 5.75 Å². The maximum Gasteiger partial charge on any atom is 0.257 e. The number of carbonyl (C=O) groups excluding carboxylic acids is 1. The molecule has 2 aromatic rings. The molecule has 6 heteroatoms. The van der Waals surface area contributed by atoms with E-state index in [0.29, 0.717) is 22.9 Å². The molecule has 0 unspecified atom stereocenters. The molecule has 0 saturated heterocycles. The Balaban J connectivity index is 2.20. The summed E-state index contributed by atoms with van der Waals surface area (Å²) in [6, 6.07) is 4.99. The molecule has 106 valence electrons. The highest BCUT2D eigenvalue weighted by atomic mass is 35.5. The van der Waals surface area contributed by atoms with Crippen molar-refractivity contribution in [3.63, 3.8) is 0 Å². The van der Waals surface area contributed by atoms with Crippen LogP contribution in [0.15, 0.2) is 30.6 Å². The number of benzene rings is 1. The van der Waals surface area contributed by atoms with Gasteiger partial charge in [-0.2, -0.15) is 5.10 Å². The minimum atomic E-state index is -0.145. The van der Waals surface area contributed by atoms with Crippen LogP contribution in [0.2, 0.25) is 5.02 Å². The number of aryl methyl sites for hydroxylation is 1. The number of hydrogen-bond donors (Lipinski definition) is 0. The largest absolute Gasteiger partial charge is 0.496 e. The van der Waals surface area contributed by atoms with Crippen molar-refractivity contribution in [1.82, 2.24) is 14.7 Å². The van der Waals surface area contributed by atoms with E-state index in [1.807, 2.05) is 13.2 Å². The first-order valence-electron chi connectivity index (χ1n) is 6.08. The van der Waals surface area contributed by atoms with Gasteiger partial charge in [-0.25, -0.2) is 0 Å². The summed E-state index contributed by atoms with van der Waals surface area (Å²) < 4.78 is 6.91. The van der Waals surface area contributed by atoms with Gasteiger partial charge in [-0.1, -0.05) is 11.6 Å². The Bertz CT molecular complexity index is 625. The van der Waals surface area contributed by atoms with E-state index in [1.54, 1.807) is 41.0 Å². The van der Waals surface area contributed by atoms with Gasteiger partial charge in [0.2, 0.25) is 0 Å². The van der Waals surface area contributed by atoms with E-state index >= 15 is 0 Å². The van der Waals surface area contributed by atoms with Crippen LogP contribution in [0.1, 0.15) is 15.9 Å². The fraction of sp³-hybridized carbons (Fsp3) is 0.286. The summed E-state index contributed by atoms with van der Waals surface area (Å²) in [6.07, 6.45) is 3.61. The molecule has 0 aliphatic carbocycles. The Morgan fingerprint density at radius 3 is 2.85 bits per heavy atom. The van der Waals surface area contributed by atoms with E-state index in [4.69, 9.17) is 16.3 Å². The van der Waals surface area contributed by atoms with Crippen LogP contribution in [0.5, 0.6) is 5.75 Å². The third kappa shape index (κ3) is 3.11. The first-order valence-corrected chi connectivity index (χ1v) is 6.45. The van der Waals surface area contributed by atoms with Crippen molar-refractivity contribution in [2.24, 2.45) is 7.05 Å². The summed E-state index contributed by atoms with van der Waals surface area (Å²) in [5.41, 5.74) is 1.41. The zero-order chi connectivity index (χ0) is 14.7. The number of ether oxygens (including phenoxy) is 1. The third-order valence-electron chi connectivity index (χ3n) is 2.92. The van der Waals surface area contributed by atoms with Gasteiger partial charge in [-0.05, 0) is 18.2 Å². The van der Waals surface area contributed by atoms with Crippen LogP contribution in [-0.2, 0) is 13.6 Å². The fourth-order valence-corrected chi connectivity index (χ4v) is 2.12. The van der Waals surface area contributed by atoms with Crippen LogP contribution in [0.3, 0.4) is 0 Å². The highest BCUT2D eigenvalue weighted by Gasteiger charge is 2.17. The van der Waals surface area contributed by atoms with Crippen LogP contribution in [-0.4, -0.2) is 34.7 Å². The molecule has 1 aromatic carbocycles. The van der Waals surface area contributed by atoms with Crippen LogP contribution in [0.25, 0.3) is 0 Å². The number of carbonyl (C=O) groups is 1. The molecule has 2 rings (SSSR count). The van der Waals surface area contributed by atoms with Crippen LogP contribution in [0, 0.1) is 0 Å². The molecule has 0 N–H and O–H groups in total. The molecule has 0 aliphatic heterocycles. The van der Waals surface area contributed by atoms with E-state index in [0.717, 1.165) is 5.56 Å². The molecule has 0 fully saturated rings. The molecule has 1 amide bonds. The Morgan fingerprint density at radius 2 is 2.25 bits per heavy atom. The lowest BCUT2D eigenvalue weighted by molar-refractivity contribution is 0.0781. The second-order valence-corrected chi connectivity index (χ2v) is 4.96. The Hall–Kier alpha value is -2.01. The summed E-state index contributed by atoms with van der Waals surface area (Å²) in [5.74, 6) is 0.366. The quantitative estimate of drug-likeness (QED) is 0.869. The lowest BCUT2D eigenvalue weighted by atomic mass is 10.1. The van der Waals surface area contributed by atoms with Gasteiger partial charge in [-0.3, -0.25) is 9.48 Å². The van der Waals surface area contributed by atoms with Crippen molar-refractivity contribution in [3.8, 4) is 5.75 Å². The molecule has 0 bridgehead atoms. The monoisotopic (exact) mass is 293 g/mol. The smallest absolute Gasteiger partial charge is 0.257 e. The topological polar surface area (TPSA) is 47.4 Å². The normalized spacial score (nSPS) is 10.4. The Labute approximate surface area is 122 Å². The van der Waals surface area contributed by atoms with Crippen LogP contribution < -0.4 is 4.74 Å². The lowest BCUT2D eigenvalue weighted by Crippen LogP contribution is -2.26. The molecule has 5 nitrogen and oxygen atoms in total. The first kappa shape index (κ1) is 14.4. The van der Waals surface area contributed by atoms with Crippen LogP contribution in [0.4, 0.5) is 0 Å². The number of methoxy groups -OCH3 is 1. The lowest BCUT2D eigenvalue weighted by Gasteiger charge is -2.18. The summed E-state index contributed by atoms with van der Waals surface area (Å²) in [7, 11) is 5.10. The predicted octanol–water partition coefficient (Wildman–Crippen LogP) is 2.35. The van der Waals surface area contributed by atoms with Crippen molar-refractivity contribution in [1.29, 1.82) is 0 Å². The minimum absolute atomic E-state index is 0.145. The summed E-state index contributed by atoms with van der Waals surface area (Å²) in [5, 5.41) is 4.59. The second kappa shape index (κ2) is 5.96. The third-order valence-corrected chi connectivity index (χ3v) is 3.15. The second-order valence-electron chi connectivity index (χ2n) is 4.53. The molecular weight excluding hydrogens is 278 g/mol. The molecule has 0 atom stereocenters. The molecular formula is C14H16ClN3O2. The molecule has 0 saturated carbocycles. The van der Waals surface area contributed by atoms with Gasteiger partial charge in [0.25, 0.3) is 5.91 Å². The molecule has 0 aliphatic rings.